The van der Waals surface area contributed by atoms with Crippen LogP contribution in [0.3, 0.4) is 0 Å². The Balaban J connectivity index is 2.12. The van der Waals surface area contributed by atoms with Gasteiger partial charge in [-0.1, -0.05) is 6.07 Å². The average molecular weight is 282 g/mol. The fourth-order valence-electron chi connectivity index (χ4n) is 1.78. The summed E-state index contributed by atoms with van der Waals surface area (Å²) in [4.78, 5) is 12.1. The molecule has 21 heavy (non-hydrogen) atoms. The zero-order valence-electron chi connectivity index (χ0n) is 11.5. The van der Waals surface area contributed by atoms with Gasteiger partial charge < -0.3 is 15.2 Å². The number of nitriles is 1. The van der Waals surface area contributed by atoms with Crippen LogP contribution in [-0.2, 0) is 0 Å². The van der Waals surface area contributed by atoms with Crippen molar-refractivity contribution >= 4 is 11.6 Å². The summed E-state index contributed by atoms with van der Waals surface area (Å²) in [5.41, 5.74) is 1.66. The number of carbonyl (C=O) groups excluding carboxylic acids is 1. The number of nitrogens with zero attached hydrogens (tertiary/aromatic N) is 1. The van der Waals surface area contributed by atoms with Gasteiger partial charge in [-0.25, -0.2) is 0 Å². The Labute approximate surface area is 122 Å². The second-order valence-electron chi connectivity index (χ2n) is 4.43. The molecule has 0 bridgehead atoms. The number of carbonyl (C=O) groups is 1. The second kappa shape index (κ2) is 6.44. The minimum Gasteiger partial charge on any atom is -0.508 e. The summed E-state index contributed by atoms with van der Waals surface area (Å²) in [6, 6.07) is 13.3. The molecule has 0 aromatic heterocycles. The molecule has 5 nitrogen and oxygen atoms in total. The van der Waals surface area contributed by atoms with Crippen LogP contribution in [0.25, 0.3) is 0 Å². The molecule has 0 spiro atoms. The van der Waals surface area contributed by atoms with E-state index in [9.17, 15) is 9.90 Å². The molecule has 1 amide bonds. The Morgan fingerprint density at radius 2 is 2.14 bits per heavy atom. The maximum absolute atomic E-state index is 12.1. The van der Waals surface area contributed by atoms with Gasteiger partial charge in [-0.2, -0.15) is 5.26 Å². The molecule has 0 atom stereocenters. The number of aromatic hydroxyl groups is 1. The summed E-state index contributed by atoms with van der Waals surface area (Å²) >= 11 is 0. The predicted molar refractivity (Wildman–Crippen MR) is 78.3 cm³/mol. The SMILES string of the molecule is Cc1cc(C(=O)Nc2cccc(OCC#N)c2)ccc1O. The number of ether oxygens (including phenoxy) is 1. The van der Waals surface area contributed by atoms with Gasteiger partial charge in [0.05, 0.1) is 0 Å². The Kier molecular flexibility index (Phi) is 4.42. The number of anilines is 1. The van der Waals surface area contributed by atoms with Crippen molar-refractivity contribution in [2.75, 3.05) is 11.9 Å². The first-order valence-electron chi connectivity index (χ1n) is 6.31. The molecule has 2 rings (SSSR count). The monoisotopic (exact) mass is 282 g/mol. The Bertz CT molecular complexity index is 705. The summed E-state index contributed by atoms with van der Waals surface area (Å²) in [6.45, 7) is 1.68. The minimum atomic E-state index is -0.282. The van der Waals surface area contributed by atoms with Crippen LogP contribution in [0.1, 0.15) is 15.9 Å². The van der Waals surface area contributed by atoms with Crippen LogP contribution in [0.5, 0.6) is 11.5 Å². The maximum Gasteiger partial charge on any atom is 0.255 e. The van der Waals surface area contributed by atoms with Crippen molar-refractivity contribution in [3.8, 4) is 17.6 Å². The van der Waals surface area contributed by atoms with E-state index in [0.717, 1.165) is 0 Å². The van der Waals surface area contributed by atoms with Crippen LogP contribution >= 0.6 is 0 Å². The number of nitrogens with one attached hydrogen (secondary N) is 1. The van der Waals surface area contributed by atoms with Gasteiger partial charge in [-0.15, -0.1) is 0 Å². The molecule has 0 aliphatic heterocycles. The van der Waals surface area contributed by atoms with Crippen molar-refractivity contribution in [1.29, 1.82) is 5.26 Å². The minimum absolute atomic E-state index is 0.0471. The smallest absolute Gasteiger partial charge is 0.255 e. The lowest BCUT2D eigenvalue weighted by Gasteiger charge is -2.08. The Morgan fingerprint density at radius 1 is 1.33 bits per heavy atom. The number of aryl methyl sites for hydroxylation is 1. The van der Waals surface area contributed by atoms with E-state index in [2.05, 4.69) is 5.32 Å². The van der Waals surface area contributed by atoms with Crippen molar-refractivity contribution < 1.29 is 14.6 Å². The van der Waals surface area contributed by atoms with Gasteiger partial charge in [0, 0.05) is 17.3 Å². The zero-order valence-corrected chi connectivity index (χ0v) is 11.5. The molecule has 0 saturated carbocycles. The molecule has 2 N–H and O–H groups in total. The number of hydrogen-bond acceptors (Lipinski definition) is 4. The molecule has 106 valence electrons. The van der Waals surface area contributed by atoms with E-state index in [1.54, 1.807) is 43.3 Å². The van der Waals surface area contributed by atoms with E-state index in [4.69, 9.17) is 10.00 Å². The van der Waals surface area contributed by atoms with Gasteiger partial charge in [-0.05, 0) is 42.8 Å². The highest BCUT2D eigenvalue weighted by Gasteiger charge is 2.08. The second-order valence-corrected chi connectivity index (χ2v) is 4.43. The van der Waals surface area contributed by atoms with Crippen molar-refractivity contribution in [2.45, 2.75) is 6.92 Å². The first kappa shape index (κ1) is 14.4. The molecule has 2 aromatic carbocycles. The number of benzene rings is 2. The Morgan fingerprint density at radius 3 is 2.86 bits per heavy atom. The van der Waals surface area contributed by atoms with Crippen LogP contribution in [0.4, 0.5) is 5.69 Å². The quantitative estimate of drug-likeness (QED) is 0.903. The van der Waals surface area contributed by atoms with Gasteiger partial charge >= 0.3 is 0 Å². The summed E-state index contributed by atoms with van der Waals surface area (Å²) < 4.78 is 5.17. The van der Waals surface area contributed by atoms with Gasteiger partial charge in [0.25, 0.3) is 5.91 Å². The number of rotatable bonds is 4. The lowest BCUT2D eigenvalue weighted by molar-refractivity contribution is 0.102. The van der Waals surface area contributed by atoms with Gasteiger partial charge in [0.15, 0.2) is 6.61 Å². The molecule has 0 aliphatic carbocycles. The molecule has 0 unspecified atom stereocenters. The van der Waals surface area contributed by atoms with Crippen molar-refractivity contribution in [2.24, 2.45) is 0 Å². The van der Waals surface area contributed by atoms with E-state index < -0.39 is 0 Å². The van der Waals surface area contributed by atoms with E-state index in [-0.39, 0.29) is 18.3 Å². The highest BCUT2D eigenvalue weighted by atomic mass is 16.5. The standard InChI is InChI=1S/C16H14N2O3/c1-11-9-12(5-6-15(11)19)16(20)18-13-3-2-4-14(10-13)21-8-7-17/h2-6,9-10,19H,8H2,1H3,(H,18,20). The summed E-state index contributed by atoms with van der Waals surface area (Å²) in [7, 11) is 0. The topological polar surface area (TPSA) is 82.3 Å². The molecule has 0 radical (unpaired) electrons. The van der Waals surface area contributed by atoms with Crippen LogP contribution in [0.15, 0.2) is 42.5 Å². The summed E-state index contributed by atoms with van der Waals surface area (Å²) in [5, 5.41) is 20.7. The van der Waals surface area contributed by atoms with Crippen molar-refractivity contribution in [1.82, 2.24) is 0 Å². The zero-order chi connectivity index (χ0) is 15.2. The fourth-order valence-corrected chi connectivity index (χ4v) is 1.78. The van der Waals surface area contributed by atoms with Crippen LogP contribution in [-0.4, -0.2) is 17.6 Å². The fraction of sp³-hybridized carbons (Fsp3) is 0.125. The largest absolute Gasteiger partial charge is 0.508 e. The third-order valence-electron chi connectivity index (χ3n) is 2.85. The third kappa shape index (κ3) is 3.74. The van der Waals surface area contributed by atoms with Crippen LogP contribution in [0.2, 0.25) is 0 Å². The molecule has 0 heterocycles. The summed E-state index contributed by atoms with van der Waals surface area (Å²) in [5.74, 6) is 0.380. The maximum atomic E-state index is 12.1. The number of hydrogen-bond donors (Lipinski definition) is 2. The van der Waals surface area contributed by atoms with E-state index >= 15 is 0 Å². The highest BCUT2D eigenvalue weighted by Crippen LogP contribution is 2.20. The van der Waals surface area contributed by atoms with Gasteiger partial charge in [0.1, 0.15) is 17.6 Å². The first-order valence-corrected chi connectivity index (χ1v) is 6.31. The van der Waals surface area contributed by atoms with E-state index in [1.165, 1.54) is 6.07 Å². The van der Waals surface area contributed by atoms with E-state index in [1.807, 2.05) is 6.07 Å². The first-order chi connectivity index (χ1) is 10.1. The van der Waals surface area contributed by atoms with Crippen LogP contribution < -0.4 is 10.1 Å². The molecule has 0 fully saturated rings. The van der Waals surface area contributed by atoms with Gasteiger partial charge in [0.2, 0.25) is 0 Å². The lowest BCUT2D eigenvalue weighted by atomic mass is 10.1. The van der Waals surface area contributed by atoms with E-state index in [0.29, 0.717) is 22.6 Å². The molecular formula is C16H14N2O3. The normalized spacial score (nSPS) is 9.71. The third-order valence-corrected chi connectivity index (χ3v) is 2.85. The average Bonchev–Trinajstić information content (AvgIpc) is 2.48. The molecule has 5 heteroatoms. The highest BCUT2D eigenvalue weighted by molar-refractivity contribution is 6.04. The number of amides is 1. The van der Waals surface area contributed by atoms with Crippen LogP contribution in [0, 0.1) is 18.3 Å². The Hall–Kier alpha value is -3.00. The van der Waals surface area contributed by atoms with Crippen molar-refractivity contribution in [3.05, 3.63) is 53.6 Å². The number of phenolic OH excluding ortho intramolecular Hbond substituents is 1. The molecule has 2 aromatic rings. The van der Waals surface area contributed by atoms with Gasteiger partial charge in [-0.3, -0.25) is 4.79 Å². The van der Waals surface area contributed by atoms with Crippen molar-refractivity contribution in [3.63, 3.8) is 0 Å². The molecule has 0 saturated heterocycles. The number of phenols is 1. The molecular weight excluding hydrogens is 268 g/mol. The summed E-state index contributed by atoms with van der Waals surface area (Å²) in [6.07, 6.45) is 0. The molecule has 0 aliphatic rings. The predicted octanol–water partition coefficient (Wildman–Crippen LogP) is 2.86. The lowest BCUT2D eigenvalue weighted by Crippen LogP contribution is -2.12.